The van der Waals surface area contributed by atoms with Gasteiger partial charge in [-0.15, -0.1) is 5.10 Å². The molecule has 32 heavy (non-hydrogen) atoms. The maximum atomic E-state index is 13.7. The molecule has 0 aliphatic carbocycles. The van der Waals surface area contributed by atoms with Crippen LogP contribution in [0.1, 0.15) is 24.3 Å². The van der Waals surface area contributed by atoms with Gasteiger partial charge < -0.3 is 19.3 Å². The highest BCUT2D eigenvalue weighted by Gasteiger charge is 2.50. The predicted molar refractivity (Wildman–Crippen MR) is 109 cm³/mol. The molecule has 3 aromatic rings. The monoisotopic (exact) mass is 436 g/mol. The number of aliphatic hydroxyl groups is 1. The second-order valence-corrected chi connectivity index (χ2v) is 7.83. The van der Waals surface area contributed by atoms with Gasteiger partial charge in [-0.3, -0.25) is 0 Å². The van der Waals surface area contributed by atoms with Gasteiger partial charge in [-0.25, -0.2) is 9.07 Å². The quantitative estimate of drug-likeness (QED) is 0.671. The smallest absolute Gasteiger partial charge is 0.184 e. The van der Waals surface area contributed by atoms with Crippen LogP contribution in [0.4, 0.5) is 4.39 Å². The Balaban J connectivity index is 1.48. The van der Waals surface area contributed by atoms with Gasteiger partial charge in [-0.2, -0.15) is 5.26 Å². The summed E-state index contributed by atoms with van der Waals surface area (Å²) < 4.78 is 33.2. The van der Waals surface area contributed by atoms with Crippen molar-refractivity contribution in [1.29, 1.82) is 5.26 Å². The lowest BCUT2D eigenvalue weighted by atomic mass is 9.90. The number of aliphatic hydroxyl groups excluding tert-OH is 1. The second kappa shape index (κ2) is 8.76. The van der Waals surface area contributed by atoms with Gasteiger partial charge in [-0.05, 0) is 12.1 Å². The van der Waals surface area contributed by atoms with E-state index in [1.54, 1.807) is 18.3 Å². The number of halogens is 1. The second-order valence-electron chi connectivity index (χ2n) is 7.83. The molecular weight excluding hydrogens is 415 g/mol. The topological polar surface area (TPSA) is 102 Å². The molecule has 2 saturated heterocycles. The van der Waals surface area contributed by atoms with Crippen molar-refractivity contribution in [3.8, 4) is 17.3 Å². The molecule has 8 nitrogen and oxygen atoms in total. The molecule has 0 amide bonds. The molecule has 1 unspecified atom stereocenters. The van der Waals surface area contributed by atoms with Crippen LogP contribution < -0.4 is 0 Å². The molecule has 9 heteroatoms. The van der Waals surface area contributed by atoms with Crippen LogP contribution >= 0.6 is 0 Å². The van der Waals surface area contributed by atoms with Gasteiger partial charge in [0.25, 0.3) is 0 Å². The molecule has 2 aliphatic rings. The summed E-state index contributed by atoms with van der Waals surface area (Å²) in [5.41, 5.74) is 1.87. The van der Waals surface area contributed by atoms with E-state index in [2.05, 4.69) is 16.4 Å². The van der Waals surface area contributed by atoms with Gasteiger partial charge in [0.05, 0.1) is 31.4 Å². The third kappa shape index (κ3) is 3.89. The number of nitriles is 1. The molecule has 5 rings (SSSR count). The zero-order chi connectivity index (χ0) is 22.1. The Labute approximate surface area is 183 Å². The number of hydrogen-bond acceptors (Lipinski definition) is 7. The molecule has 2 fully saturated rings. The van der Waals surface area contributed by atoms with Crippen molar-refractivity contribution in [2.75, 3.05) is 6.61 Å². The molecule has 0 radical (unpaired) electrons. The number of rotatable bonds is 4. The highest BCUT2D eigenvalue weighted by Crippen LogP contribution is 2.40. The number of benzene rings is 2. The van der Waals surface area contributed by atoms with E-state index < -0.39 is 36.7 Å². The summed E-state index contributed by atoms with van der Waals surface area (Å²) in [6, 6.07) is 16.9. The van der Waals surface area contributed by atoms with E-state index in [4.69, 9.17) is 14.2 Å². The van der Waals surface area contributed by atoms with Crippen LogP contribution in [0.25, 0.3) is 11.3 Å². The number of nitrogens with zero attached hydrogens (tertiary/aromatic N) is 4. The Kier molecular flexibility index (Phi) is 5.68. The zero-order valence-corrected chi connectivity index (χ0v) is 17.0. The zero-order valence-electron chi connectivity index (χ0n) is 17.0. The van der Waals surface area contributed by atoms with Crippen LogP contribution in [0.15, 0.2) is 60.8 Å². The Morgan fingerprint density at radius 3 is 2.78 bits per heavy atom. The summed E-state index contributed by atoms with van der Waals surface area (Å²) in [6.45, 7) is 0.237. The van der Waals surface area contributed by atoms with Crippen LogP contribution in [-0.4, -0.2) is 51.1 Å². The van der Waals surface area contributed by atoms with Crippen LogP contribution in [0.5, 0.6) is 0 Å². The average Bonchev–Trinajstić information content (AvgIpc) is 3.30. The van der Waals surface area contributed by atoms with Gasteiger partial charge >= 0.3 is 0 Å². The van der Waals surface area contributed by atoms with E-state index in [-0.39, 0.29) is 18.8 Å². The molecule has 0 spiro atoms. The van der Waals surface area contributed by atoms with E-state index >= 15 is 0 Å². The normalized spacial score (nSPS) is 29.8. The maximum absolute atomic E-state index is 13.7. The van der Waals surface area contributed by atoms with Crippen molar-refractivity contribution >= 4 is 0 Å². The molecule has 3 heterocycles. The Bertz CT molecular complexity index is 1120. The first-order valence-electron chi connectivity index (χ1n) is 10.3. The van der Waals surface area contributed by atoms with Crippen molar-refractivity contribution in [1.82, 2.24) is 15.0 Å². The van der Waals surface area contributed by atoms with Crippen molar-refractivity contribution in [3.05, 3.63) is 72.2 Å². The summed E-state index contributed by atoms with van der Waals surface area (Å²) in [5, 5.41) is 28.6. The third-order valence-corrected chi connectivity index (χ3v) is 5.78. The first kappa shape index (κ1) is 20.7. The van der Waals surface area contributed by atoms with E-state index in [1.807, 2.05) is 30.3 Å². The van der Waals surface area contributed by atoms with Crippen LogP contribution in [0.2, 0.25) is 0 Å². The molecule has 0 bridgehead atoms. The van der Waals surface area contributed by atoms with Gasteiger partial charge in [0.1, 0.15) is 35.9 Å². The predicted octanol–water partition coefficient (Wildman–Crippen LogP) is 2.78. The van der Waals surface area contributed by atoms with Crippen LogP contribution in [0.3, 0.4) is 0 Å². The molecule has 0 saturated carbocycles. The molecule has 1 aromatic heterocycles. The van der Waals surface area contributed by atoms with E-state index in [1.165, 1.54) is 16.8 Å². The molecule has 164 valence electrons. The van der Waals surface area contributed by atoms with E-state index in [0.29, 0.717) is 11.3 Å². The summed E-state index contributed by atoms with van der Waals surface area (Å²) >= 11 is 0. The highest BCUT2D eigenvalue weighted by molar-refractivity contribution is 5.57. The lowest BCUT2D eigenvalue weighted by Gasteiger charge is -2.47. The van der Waals surface area contributed by atoms with Gasteiger partial charge in [-0.1, -0.05) is 47.7 Å². The van der Waals surface area contributed by atoms with E-state index in [0.717, 1.165) is 5.56 Å². The largest absolute Gasteiger partial charge is 0.388 e. The standard InChI is InChI=1S/C23H21FN4O4/c24-16-8-4-7-15(11-16)17-12-28(27-26-17)20-21(29)18(9-10-25)31-19-13-30-23(32-22(19)20)14-5-2-1-3-6-14/h1-8,11-12,18-23,29H,9,13H2/t18-,19+,20+,21-,22-,23?/m0/s1. The number of aromatic nitrogens is 3. The maximum Gasteiger partial charge on any atom is 0.184 e. The summed E-state index contributed by atoms with van der Waals surface area (Å²) in [7, 11) is 0. The first-order chi connectivity index (χ1) is 15.6. The Morgan fingerprint density at radius 2 is 2.00 bits per heavy atom. The lowest BCUT2D eigenvalue weighted by Crippen LogP contribution is -2.59. The summed E-state index contributed by atoms with van der Waals surface area (Å²) in [6.07, 6.45) is -1.86. The minimum Gasteiger partial charge on any atom is -0.388 e. The third-order valence-electron chi connectivity index (χ3n) is 5.78. The first-order valence-corrected chi connectivity index (χ1v) is 10.3. The SMILES string of the molecule is N#CC[C@@H]1O[C@@H]2COC(c3ccccc3)O[C@@H]2[C@H](n2cc(-c3cccc(F)c3)nn2)[C@H]1O. The molecule has 2 aliphatic heterocycles. The Hall–Kier alpha value is -3.16. The van der Waals surface area contributed by atoms with Crippen LogP contribution in [0, 0.1) is 17.1 Å². The molecule has 2 aromatic carbocycles. The number of ether oxygens (including phenoxy) is 3. The summed E-state index contributed by atoms with van der Waals surface area (Å²) in [5.74, 6) is -0.379. The highest BCUT2D eigenvalue weighted by atomic mass is 19.1. The summed E-state index contributed by atoms with van der Waals surface area (Å²) in [4.78, 5) is 0. The number of hydrogen-bond donors (Lipinski definition) is 1. The fourth-order valence-electron chi connectivity index (χ4n) is 4.24. The van der Waals surface area contributed by atoms with Gasteiger partial charge in [0.2, 0.25) is 0 Å². The fraction of sp³-hybridized carbons (Fsp3) is 0.348. The van der Waals surface area contributed by atoms with Gasteiger partial charge in [0, 0.05) is 11.1 Å². The number of fused-ring (bicyclic) bond motifs is 1. The van der Waals surface area contributed by atoms with Crippen molar-refractivity contribution < 1.29 is 23.7 Å². The van der Waals surface area contributed by atoms with Crippen molar-refractivity contribution in [3.63, 3.8) is 0 Å². The molecule has 1 N–H and O–H groups in total. The fourth-order valence-corrected chi connectivity index (χ4v) is 4.24. The van der Waals surface area contributed by atoms with E-state index in [9.17, 15) is 14.8 Å². The Morgan fingerprint density at radius 1 is 1.16 bits per heavy atom. The minimum absolute atomic E-state index is 0.00838. The average molecular weight is 436 g/mol. The minimum atomic E-state index is -1.06. The van der Waals surface area contributed by atoms with Crippen molar-refractivity contribution in [2.45, 2.75) is 43.2 Å². The molecular formula is C23H21FN4O4. The lowest BCUT2D eigenvalue weighted by molar-refractivity contribution is -0.316. The van der Waals surface area contributed by atoms with Crippen LogP contribution in [-0.2, 0) is 14.2 Å². The van der Waals surface area contributed by atoms with Gasteiger partial charge in [0.15, 0.2) is 6.29 Å². The van der Waals surface area contributed by atoms with Crippen molar-refractivity contribution in [2.24, 2.45) is 0 Å². The molecule has 6 atom stereocenters.